The zero-order chi connectivity index (χ0) is 14.2. The second kappa shape index (κ2) is 4.76. The molecule has 5 heteroatoms. The molecule has 0 fully saturated rings. The lowest BCUT2D eigenvalue weighted by atomic mass is 9.96. The number of carboxylic acid groups (broad SMARTS) is 1. The number of carbonyl (C=O) groups is 1. The number of halogens is 3. The molecule has 0 aromatic heterocycles. The van der Waals surface area contributed by atoms with Gasteiger partial charge in [0.1, 0.15) is 17.5 Å². The molecule has 2 nitrogen and oxygen atoms in total. The number of aryl methyl sites for hydroxylation is 1. The van der Waals surface area contributed by atoms with E-state index in [1.807, 2.05) is 0 Å². The lowest BCUT2D eigenvalue weighted by molar-refractivity contribution is 0.0697. The van der Waals surface area contributed by atoms with Crippen LogP contribution in [0, 0.1) is 24.4 Å². The minimum atomic E-state index is -1.38. The molecule has 0 amide bonds. The summed E-state index contributed by atoms with van der Waals surface area (Å²) in [5.74, 6) is -3.73. The van der Waals surface area contributed by atoms with Crippen LogP contribution in [0.2, 0.25) is 0 Å². The molecular weight excluding hydrogens is 257 g/mol. The first-order valence-electron chi connectivity index (χ1n) is 5.39. The van der Waals surface area contributed by atoms with Gasteiger partial charge in [-0.1, -0.05) is 0 Å². The summed E-state index contributed by atoms with van der Waals surface area (Å²) in [5, 5.41) is 9.02. The van der Waals surface area contributed by atoms with E-state index in [4.69, 9.17) is 5.11 Å². The molecule has 0 radical (unpaired) electrons. The molecule has 0 bridgehead atoms. The second-order valence-corrected chi connectivity index (χ2v) is 4.08. The molecule has 2 aromatic rings. The van der Waals surface area contributed by atoms with Crippen molar-refractivity contribution in [3.8, 4) is 11.1 Å². The van der Waals surface area contributed by atoms with Gasteiger partial charge >= 0.3 is 5.97 Å². The lowest BCUT2D eigenvalue weighted by Crippen LogP contribution is -2.03. The van der Waals surface area contributed by atoms with Crippen molar-refractivity contribution in [2.45, 2.75) is 6.92 Å². The summed E-state index contributed by atoms with van der Waals surface area (Å²) in [7, 11) is 0. The third kappa shape index (κ3) is 2.45. The zero-order valence-corrected chi connectivity index (χ0v) is 9.88. The van der Waals surface area contributed by atoms with Gasteiger partial charge in [0.25, 0.3) is 0 Å². The Morgan fingerprint density at radius 1 is 1.00 bits per heavy atom. The molecule has 98 valence electrons. The van der Waals surface area contributed by atoms with Crippen LogP contribution in [0.5, 0.6) is 0 Å². The Morgan fingerprint density at radius 2 is 1.68 bits per heavy atom. The standard InChI is InChI=1S/C14H9F3O2/c1-7-4-10(11(14(18)19)6-12(7)16)9-3-2-8(15)5-13(9)17/h2-6H,1H3,(H,18,19). The van der Waals surface area contributed by atoms with Gasteiger partial charge in [0.05, 0.1) is 5.56 Å². The Kier molecular flexibility index (Phi) is 3.29. The summed E-state index contributed by atoms with van der Waals surface area (Å²) >= 11 is 0. The van der Waals surface area contributed by atoms with Crippen molar-refractivity contribution in [3.63, 3.8) is 0 Å². The van der Waals surface area contributed by atoms with Gasteiger partial charge in [0.15, 0.2) is 0 Å². The molecular formula is C14H9F3O2. The highest BCUT2D eigenvalue weighted by molar-refractivity contribution is 5.96. The quantitative estimate of drug-likeness (QED) is 0.898. The predicted molar refractivity (Wildman–Crippen MR) is 63.4 cm³/mol. The molecule has 0 saturated carbocycles. The molecule has 2 aromatic carbocycles. The van der Waals surface area contributed by atoms with E-state index in [2.05, 4.69) is 0 Å². The maximum atomic E-state index is 13.7. The Bertz CT molecular complexity index is 666. The molecule has 2 rings (SSSR count). The van der Waals surface area contributed by atoms with E-state index in [0.29, 0.717) is 6.07 Å². The molecule has 0 heterocycles. The van der Waals surface area contributed by atoms with E-state index < -0.39 is 23.4 Å². The minimum absolute atomic E-state index is 0.0175. The average molecular weight is 266 g/mol. The van der Waals surface area contributed by atoms with Crippen LogP contribution in [0.4, 0.5) is 13.2 Å². The number of hydrogen-bond donors (Lipinski definition) is 1. The third-order valence-electron chi connectivity index (χ3n) is 2.75. The largest absolute Gasteiger partial charge is 0.478 e. The van der Waals surface area contributed by atoms with Crippen molar-refractivity contribution in [1.29, 1.82) is 0 Å². The van der Waals surface area contributed by atoms with E-state index in [0.717, 1.165) is 18.2 Å². The minimum Gasteiger partial charge on any atom is -0.478 e. The normalized spacial score (nSPS) is 10.5. The smallest absolute Gasteiger partial charge is 0.336 e. The van der Waals surface area contributed by atoms with Crippen LogP contribution in [-0.4, -0.2) is 11.1 Å². The van der Waals surface area contributed by atoms with Gasteiger partial charge in [-0.05, 0) is 42.3 Å². The SMILES string of the molecule is Cc1cc(-c2ccc(F)cc2F)c(C(=O)O)cc1F. The molecule has 19 heavy (non-hydrogen) atoms. The van der Waals surface area contributed by atoms with E-state index in [-0.39, 0.29) is 22.3 Å². The Balaban J connectivity index is 2.73. The fourth-order valence-electron chi connectivity index (χ4n) is 1.79. The highest BCUT2D eigenvalue weighted by Gasteiger charge is 2.17. The van der Waals surface area contributed by atoms with Crippen molar-refractivity contribution < 1.29 is 23.1 Å². The Labute approximate surface area is 107 Å². The summed E-state index contributed by atoms with van der Waals surface area (Å²) < 4.78 is 39.9. The van der Waals surface area contributed by atoms with Crippen LogP contribution in [0.3, 0.4) is 0 Å². The van der Waals surface area contributed by atoms with Gasteiger partial charge < -0.3 is 5.11 Å². The van der Waals surface area contributed by atoms with Crippen molar-refractivity contribution in [2.24, 2.45) is 0 Å². The molecule has 0 aliphatic carbocycles. The maximum absolute atomic E-state index is 13.7. The highest BCUT2D eigenvalue weighted by Crippen LogP contribution is 2.29. The van der Waals surface area contributed by atoms with Crippen molar-refractivity contribution >= 4 is 5.97 Å². The average Bonchev–Trinajstić information content (AvgIpc) is 2.32. The summed E-state index contributed by atoms with van der Waals surface area (Å²) in [6.07, 6.45) is 0. The van der Waals surface area contributed by atoms with Crippen molar-refractivity contribution in [3.05, 3.63) is 58.9 Å². The van der Waals surface area contributed by atoms with Gasteiger partial charge in [-0.2, -0.15) is 0 Å². The number of hydrogen-bond acceptors (Lipinski definition) is 1. The van der Waals surface area contributed by atoms with Gasteiger partial charge in [0, 0.05) is 11.6 Å². The van der Waals surface area contributed by atoms with Crippen LogP contribution in [0.1, 0.15) is 15.9 Å². The molecule has 1 N–H and O–H groups in total. The van der Waals surface area contributed by atoms with Crippen LogP contribution in [0.25, 0.3) is 11.1 Å². The highest BCUT2D eigenvalue weighted by atomic mass is 19.1. The first-order chi connectivity index (χ1) is 8.90. The number of benzene rings is 2. The second-order valence-electron chi connectivity index (χ2n) is 4.08. The Morgan fingerprint density at radius 3 is 2.26 bits per heavy atom. The first kappa shape index (κ1) is 13.1. The van der Waals surface area contributed by atoms with Crippen LogP contribution in [-0.2, 0) is 0 Å². The van der Waals surface area contributed by atoms with Gasteiger partial charge in [0.2, 0.25) is 0 Å². The maximum Gasteiger partial charge on any atom is 0.336 e. The van der Waals surface area contributed by atoms with E-state index >= 15 is 0 Å². The summed E-state index contributed by atoms with van der Waals surface area (Å²) in [4.78, 5) is 11.1. The Hall–Kier alpha value is -2.30. The summed E-state index contributed by atoms with van der Waals surface area (Å²) in [5.41, 5.74) is -0.247. The van der Waals surface area contributed by atoms with Crippen molar-refractivity contribution in [1.82, 2.24) is 0 Å². The molecule has 0 aliphatic rings. The van der Waals surface area contributed by atoms with Gasteiger partial charge in [-0.15, -0.1) is 0 Å². The predicted octanol–water partition coefficient (Wildman–Crippen LogP) is 3.78. The number of aromatic carboxylic acids is 1. The monoisotopic (exact) mass is 266 g/mol. The first-order valence-corrected chi connectivity index (χ1v) is 5.39. The van der Waals surface area contributed by atoms with E-state index in [9.17, 15) is 18.0 Å². The summed E-state index contributed by atoms with van der Waals surface area (Å²) in [6.45, 7) is 1.44. The van der Waals surface area contributed by atoms with Crippen LogP contribution < -0.4 is 0 Å². The fourth-order valence-corrected chi connectivity index (χ4v) is 1.79. The molecule has 0 unspecified atom stereocenters. The van der Waals surface area contributed by atoms with Crippen LogP contribution >= 0.6 is 0 Å². The lowest BCUT2D eigenvalue weighted by Gasteiger charge is -2.09. The van der Waals surface area contributed by atoms with E-state index in [1.165, 1.54) is 13.0 Å². The van der Waals surface area contributed by atoms with Gasteiger partial charge in [-0.25, -0.2) is 18.0 Å². The van der Waals surface area contributed by atoms with Crippen molar-refractivity contribution in [2.75, 3.05) is 0 Å². The summed E-state index contributed by atoms with van der Waals surface area (Å²) in [6, 6.07) is 4.86. The fraction of sp³-hybridized carbons (Fsp3) is 0.0714. The molecule has 0 spiro atoms. The van der Waals surface area contributed by atoms with Gasteiger partial charge in [-0.3, -0.25) is 0 Å². The molecule has 0 aliphatic heterocycles. The topological polar surface area (TPSA) is 37.3 Å². The molecule has 0 atom stereocenters. The zero-order valence-electron chi connectivity index (χ0n) is 9.88. The number of rotatable bonds is 2. The third-order valence-corrected chi connectivity index (χ3v) is 2.75. The molecule has 0 saturated heterocycles. The van der Waals surface area contributed by atoms with E-state index in [1.54, 1.807) is 0 Å². The number of carboxylic acids is 1. The van der Waals surface area contributed by atoms with Crippen LogP contribution in [0.15, 0.2) is 30.3 Å².